The molecule has 0 spiro atoms. The average molecular weight is 267 g/mol. The van der Waals surface area contributed by atoms with Crippen LogP contribution in [0, 0.1) is 0 Å². The first-order valence-corrected chi connectivity index (χ1v) is 6.51. The molecule has 1 aromatic carbocycles. The summed E-state index contributed by atoms with van der Waals surface area (Å²) in [6, 6.07) is 4.39. The Morgan fingerprint density at radius 3 is 2.53 bits per heavy atom. The topological polar surface area (TPSA) is 82.0 Å². The fourth-order valence-electron chi connectivity index (χ4n) is 2.32. The van der Waals surface area contributed by atoms with Crippen LogP contribution in [0.5, 0.6) is 11.5 Å². The molecule has 1 aliphatic rings. The van der Waals surface area contributed by atoms with Crippen LogP contribution in [0.3, 0.4) is 0 Å². The Hall–Kier alpha value is -1.30. The van der Waals surface area contributed by atoms with Crippen LogP contribution in [0.25, 0.3) is 0 Å². The number of benzene rings is 1. The molecule has 2 rings (SSSR count). The zero-order valence-electron chi connectivity index (χ0n) is 11.3. The van der Waals surface area contributed by atoms with E-state index >= 15 is 0 Å². The van der Waals surface area contributed by atoms with E-state index in [2.05, 4.69) is 5.32 Å². The quantitative estimate of drug-likeness (QED) is 0.661. The van der Waals surface area contributed by atoms with Crippen LogP contribution < -0.4 is 5.32 Å². The molecule has 4 N–H and O–H groups in total. The van der Waals surface area contributed by atoms with E-state index < -0.39 is 5.60 Å². The highest BCUT2D eigenvalue weighted by molar-refractivity contribution is 5.37. The lowest BCUT2D eigenvalue weighted by Gasteiger charge is -2.28. The molecule has 3 unspecified atom stereocenters. The molecule has 0 aliphatic carbocycles. The Balaban J connectivity index is 1.99. The van der Waals surface area contributed by atoms with Crippen LogP contribution in [-0.2, 0) is 4.74 Å². The van der Waals surface area contributed by atoms with E-state index in [4.69, 9.17) is 4.74 Å². The number of aliphatic hydroxyl groups is 1. The first-order valence-electron chi connectivity index (χ1n) is 6.51. The third-order valence-corrected chi connectivity index (χ3v) is 3.80. The minimum absolute atomic E-state index is 0.0277. The van der Waals surface area contributed by atoms with Crippen LogP contribution in [-0.4, -0.2) is 40.2 Å². The largest absolute Gasteiger partial charge is 0.508 e. The number of rotatable bonds is 4. The predicted octanol–water partition coefficient (Wildman–Crippen LogP) is 1.29. The van der Waals surface area contributed by atoms with E-state index in [0.29, 0.717) is 19.6 Å². The fourth-order valence-corrected chi connectivity index (χ4v) is 2.32. The lowest BCUT2D eigenvalue weighted by atomic mass is 9.96. The van der Waals surface area contributed by atoms with Crippen molar-refractivity contribution in [1.29, 1.82) is 0 Å². The molecule has 0 amide bonds. The van der Waals surface area contributed by atoms with Gasteiger partial charge in [0.1, 0.15) is 17.1 Å². The lowest BCUT2D eigenvalue weighted by Crippen LogP contribution is -2.46. The van der Waals surface area contributed by atoms with Crippen molar-refractivity contribution < 1.29 is 20.1 Å². The van der Waals surface area contributed by atoms with Crippen molar-refractivity contribution in [2.75, 3.05) is 13.2 Å². The fraction of sp³-hybridized carbons (Fsp3) is 0.571. The second kappa shape index (κ2) is 5.36. The summed E-state index contributed by atoms with van der Waals surface area (Å²) < 4.78 is 5.37. The first-order chi connectivity index (χ1) is 8.90. The molecule has 1 aliphatic heterocycles. The number of aromatic hydroxyl groups is 2. The van der Waals surface area contributed by atoms with Gasteiger partial charge in [-0.25, -0.2) is 0 Å². The Bertz CT molecular complexity index is 431. The Kier molecular flexibility index (Phi) is 3.99. The Morgan fingerprint density at radius 1 is 1.37 bits per heavy atom. The zero-order chi connectivity index (χ0) is 14.0. The number of hydrogen-bond acceptors (Lipinski definition) is 5. The highest BCUT2D eigenvalue weighted by Gasteiger charge is 2.39. The minimum Gasteiger partial charge on any atom is -0.508 e. The van der Waals surface area contributed by atoms with Gasteiger partial charge in [-0.05, 0) is 31.5 Å². The molecule has 1 saturated heterocycles. The Labute approximate surface area is 112 Å². The van der Waals surface area contributed by atoms with Gasteiger partial charge in [0.05, 0.1) is 6.10 Å². The molecule has 1 fully saturated rings. The zero-order valence-corrected chi connectivity index (χ0v) is 11.3. The second-order valence-electron chi connectivity index (χ2n) is 5.25. The standard InChI is InChI=1S/C14H21NO4/c1-9(11-5-12(16)7-13(17)6-11)15-8-14(18)3-4-19-10(14)2/h5-7,9-10,15-18H,3-4,8H2,1-2H3. The highest BCUT2D eigenvalue weighted by atomic mass is 16.5. The van der Waals surface area contributed by atoms with Crippen molar-refractivity contribution in [2.45, 2.75) is 38.0 Å². The average Bonchev–Trinajstić information content (AvgIpc) is 2.66. The molecule has 0 aromatic heterocycles. The summed E-state index contributed by atoms with van der Waals surface area (Å²) in [7, 11) is 0. The molecule has 106 valence electrons. The van der Waals surface area contributed by atoms with Crippen molar-refractivity contribution in [3.05, 3.63) is 23.8 Å². The van der Waals surface area contributed by atoms with Gasteiger partial charge in [0.2, 0.25) is 0 Å². The monoisotopic (exact) mass is 267 g/mol. The molecule has 5 nitrogen and oxygen atoms in total. The number of nitrogens with one attached hydrogen (secondary N) is 1. The van der Waals surface area contributed by atoms with Crippen LogP contribution in [0.1, 0.15) is 31.9 Å². The van der Waals surface area contributed by atoms with Gasteiger partial charge in [-0.3, -0.25) is 0 Å². The molecule has 0 saturated carbocycles. The summed E-state index contributed by atoms with van der Waals surface area (Å²) in [6.07, 6.45) is 0.420. The summed E-state index contributed by atoms with van der Waals surface area (Å²) in [4.78, 5) is 0. The molecule has 0 bridgehead atoms. The van der Waals surface area contributed by atoms with Gasteiger partial charge in [0.25, 0.3) is 0 Å². The number of hydrogen-bond donors (Lipinski definition) is 4. The van der Waals surface area contributed by atoms with E-state index in [9.17, 15) is 15.3 Å². The number of phenols is 2. The van der Waals surface area contributed by atoms with E-state index in [0.717, 1.165) is 5.56 Å². The van der Waals surface area contributed by atoms with Crippen LogP contribution >= 0.6 is 0 Å². The maximum Gasteiger partial charge on any atom is 0.119 e. The van der Waals surface area contributed by atoms with E-state index in [-0.39, 0.29) is 23.6 Å². The van der Waals surface area contributed by atoms with Crippen LogP contribution in [0.15, 0.2) is 18.2 Å². The molecule has 19 heavy (non-hydrogen) atoms. The summed E-state index contributed by atoms with van der Waals surface area (Å²) in [6.45, 7) is 4.75. The maximum absolute atomic E-state index is 10.4. The van der Waals surface area contributed by atoms with Gasteiger partial charge >= 0.3 is 0 Å². The highest BCUT2D eigenvalue weighted by Crippen LogP contribution is 2.27. The summed E-state index contributed by atoms with van der Waals surface area (Å²) in [5.41, 5.74) is -0.0830. The molecule has 0 radical (unpaired) electrons. The van der Waals surface area contributed by atoms with Crippen molar-refractivity contribution in [1.82, 2.24) is 5.32 Å². The third kappa shape index (κ3) is 3.18. The molecule has 5 heteroatoms. The van der Waals surface area contributed by atoms with Crippen LogP contribution in [0.4, 0.5) is 0 Å². The number of ether oxygens (including phenoxy) is 1. The molecular weight excluding hydrogens is 246 g/mol. The van der Waals surface area contributed by atoms with Gasteiger partial charge in [-0.2, -0.15) is 0 Å². The van der Waals surface area contributed by atoms with Gasteiger partial charge in [0, 0.05) is 31.7 Å². The summed E-state index contributed by atoms with van der Waals surface area (Å²) >= 11 is 0. The van der Waals surface area contributed by atoms with Crippen molar-refractivity contribution >= 4 is 0 Å². The van der Waals surface area contributed by atoms with E-state index in [1.165, 1.54) is 6.07 Å². The summed E-state index contributed by atoms with van der Waals surface area (Å²) in [5.74, 6) is 0.0554. The maximum atomic E-state index is 10.4. The van der Waals surface area contributed by atoms with Gasteiger partial charge < -0.3 is 25.4 Å². The SMILES string of the molecule is CC(NCC1(O)CCOC1C)c1cc(O)cc(O)c1. The lowest BCUT2D eigenvalue weighted by molar-refractivity contribution is -0.0274. The number of phenolic OH excluding ortho intramolecular Hbond substituents is 2. The van der Waals surface area contributed by atoms with Crippen molar-refractivity contribution in [3.63, 3.8) is 0 Å². The van der Waals surface area contributed by atoms with Gasteiger partial charge in [0.15, 0.2) is 0 Å². The normalized spacial score (nSPS) is 28.5. The molecule has 3 atom stereocenters. The summed E-state index contributed by atoms with van der Waals surface area (Å²) in [5, 5.41) is 32.5. The first kappa shape index (κ1) is 14.1. The molecule has 1 heterocycles. The van der Waals surface area contributed by atoms with Crippen molar-refractivity contribution in [2.24, 2.45) is 0 Å². The second-order valence-corrected chi connectivity index (χ2v) is 5.25. The van der Waals surface area contributed by atoms with Gasteiger partial charge in [-0.1, -0.05) is 0 Å². The molecular formula is C14H21NO4. The smallest absolute Gasteiger partial charge is 0.119 e. The Morgan fingerprint density at radius 2 is 2.00 bits per heavy atom. The van der Waals surface area contributed by atoms with Crippen LogP contribution in [0.2, 0.25) is 0 Å². The predicted molar refractivity (Wildman–Crippen MR) is 71.2 cm³/mol. The molecule has 1 aromatic rings. The van der Waals surface area contributed by atoms with Crippen molar-refractivity contribution in [3.8, 4) is 11.5 Å². The van der Waals surface area contributed by atoms with Gasteiger partial charge in [-0.15, -0.1) is 0 Å². The third-order valence-electron chi connectivity index (χ3n) is 3.80. The van der Waals surface area contributed by atoms with E-state index in [1.54, 1.807) is 12.1 Å². The minimum atomic E-state index is -0.854. The van der Waals surface area contributed by atoms with E-state index in [1.807, 2.05) is 13.8 Å².